The first-order valence-electron chi connectivity index (χ1n) is 11.6. The van der Waals surface area contributed by atoms with E-state index in [1.807, 2.05) is 0 Å². The molecule has 1 amide bonds. The Morgan fingerprint density at radius 2 is 1.92 bits per heavy atom. The van der Waals surface area contributed by atoms with Crippen LogP contribution < -0.4 is 4.74 Å². The SMILES string of the molecule is Cn1c(-c2ccc(F)cc2)nc2nc(C3[C@H]4[C@H](COc5cccnc5C(F)(F)F)[C@H]4CN3C=O)cnc21. The molecule has 37 heavy (non-hydrogen) atoms. The Morgan fingerprint density at radius 3 is 2.65 bits per heavy atom. The van der Waals surface area contributed by atoms with Crippen molar-refractivity contribution in [3.05, 3.63) is 66.0 Å². The van der Waals surface area contributed by atoms with Crippen LogP contribution in [0.25, 0.3) is 22.7 Å². The molecular formula is C25H20F4N6O2. The second-order valence-electron chi connectivity index (χ2n) is 9.25. The maximum Gasteiger partial charge on any atom is 0.437 e. The molecule has 190 valence electrons. The Hall–Kier alpha value is -4.09. The Balaban J connectivity index is 1.25. The Kier molecular flexibility index (Phi) is 5.35. The number of rotatable bonds is 6. The smallest absolute Gasteiger partial charge is 0.437 e. The second kappa shape index (κ2) is 8.49. The minimum atomic E-state index is -4.62. The van der Waals surface area contributed by atoms with E-state index in [0.29, 0.717) is 34.9 Å². The molecule has 4 aromatic rings. The molecule has 1 saturated carbocycles. The number of carbonyl (C=O) groups is 1. The number of nitrogens with zero attached hydrogens (tertiary/aromatic N) is 6. The molecule has 0 bridgehead atoms. The molecule has 8 nitrogen and oxygen atoms in total. The molecule has 1 aromatic carbocycles. The number of halogens is 4. The lowest BCUT2D eigenvalue weighted by Gasteiger charge is -2.24. The normalized spacial score (nSPS) is 22.8. The van der Waals surface area contributed by atoms with Crippen LogP contribution in [0.4, 0.5) is 17.6 Å². The third-order valence-electron chi connectivity index (χ3n) is 7.15. The highest BCUT2D eigenvalue weighted by molar-refractivity contribution is 5.73. The lowest BCUT2D eigenvalue weighted by molar-refractivity contribution is -0.142. The number of ether oxygens (including phenoxy) is 1. The number of fused-ring (bicyclic) bond motifs is 2. The zero-order valence-electron chi connectivity index (χ0n) is 19.4. The van der Waals surface area contributed by atoms with Crippen molar-refractivity contribution in [2.24, 2.45) is 24.8 Å². The van der Waals surface area contributed by atoms with Gasteiger partial charge in [-0.3, -0.25) is 4.79 Å². The molecular weight excluding hydrogens is 492 g/mol. The van der Waals surface area contributed by atoms with Gasteiger partial charge in [0.05, 0.1) is 24.5 Å². The average Bonchev–Trinajstić information content (AvgIpc) is 3.23. The van der Waals surface area contributed by atoms with E-state index in [4.69, 9.17) is 4.74 Å². The number of piperidine rings is 1. The van der Waals surface area contributed by atoms with Crippen LogP contribution in [0, 0.1) is 23.6 Å². The van der Waals surface area contributed by atoms with Crippen LogP contribution in [-0.2, 0) is 18.0 Å². The van der Waals surface area contributed by atoms with E-state index in [0.717, 1.165) is 12.6 Å². The summed E-state index contributed by atoms with van der Waals surface area (Å²) in [5.74, 6) is -0.0871. The van der Waals surface area contributed by atoms with Crippen LogP contribution in [0.1, 0.15) is 17.4 Å². The number of carbonyl (C=O) groups excluding carboxylic acids is 1. The molecule has 12 heteroatoms. The molecule has 1 saturated heterocycles. The molecule has 2 fully saturated rings. The number of alkyl halides is 3. The van der Waals surface area contributed by atoms with Crippen LogP contribution in [0.15, 0.2) is 48.8 Å². The van der Waals surface area contributed by atoms with E-state index < -0.39 is 11.9 Å². The van der Waals surface area contributed by atoms with Crippen LogP contribution in [-0.4, -0.2) is 49.0 Å². The van der Waals surface area contributed by atoms with Crippen molar-refractivity contribution in [2.75, 3.05) is 13.2 Å². The number of likely N-dealkylation sites (tertiary alicyclic amines) is 1. The number of benzene rings is 1. The summed E-state index contributed by atoms with van der Waals surface area (Å²) in [5, 5.41) is 0. The van der Waals surface area contributed by atoms with Crippen molar-refractivity contribution < 1.29 is 27.1 Å². The molecule has 6 rings (SSSR count). The molecule has 2 aliphatic rings. The van der Waals surface area contributed by atoms with Gasteiger partial charge < -0.3 is 14.2 Å². The number of imidazole rings is 1. The van der Waals surface area contributed by atoms with Gasteiger partial charge in [0, 0.05) is 31.3 Å². The summed E-state index contributed by atoms with van der Waals surface area (Å²) >= 11 is 0. The number of amides is 1. The van der Waals surface area contributed by atoms with Gasteiger partial charge in [0.25, 0.3) is 0 Å². The Bertz CT molecular complexity index is 1490. The highest BCUT2D eigenvalue weighted by Crippen LogP contribution is 2.60. The van der Waals surface area contributed by atoms with Gasteiger partial charge in [-0.15, -0.1) is 0 Å². The summed E-state index contributed by atoms with van der Waals surface area (Å²) in [7, 11) is 1.79. The van der Waals surface area contributed by atoms with Gasteiger partial charge in [0.1, 0.15) is 17.4 Å². The Labute approximate surface area is 207 Å². The van der Waals surface area contributed by atoms with Gasteiger partial charge in [-0.05, 0) is 48.2 Å². The quantitative estimate of drug-likeness (QED) is 0.286. The first kappa shape index (κ1) is 23.3. The number of hydrogen-bond acceptors (Lipinski definition) is 6. The summed E-state index contributed by atoms with van der Waals surface area (Å²) in [5.41, 5.74) is 1.11. The molecule has 0 N–H and O–H groups in total. The van der Waals surface area contributed by atoms with Gasteiger partial charge in [-0.1, -0.05) is 0 Å². The van der Waals surface area contributed by atoms with E-state index in [2.05, 4.69) is 19.9 Å². The van der Waals surface area contributed by atoms with Gasteiger partial charge in [0.15, 0.2) is 17.0 Å². The van der Waals surface area contributed by atoms with Crippen molar-refractivity contribution in [1.82, 2.24) is 29.4 Å². The van der Waals surface area contributed by atoms with Crippen LogP contribution >= 0.6 is 0 Å². The third-order valence-corrected chi connectivity index (χ3v) is 7.15. The fourth-order valence-corrected chi connectivity index (χ4v) is 5.37. The second-order valence-corrected chi connectivity index (χ2v) is 9.25. The van der Waals surface area contributed by atoms with E-state index >= 15 is 0 Å². The monoisotopic (exact) mass is 512 g/mol. The number of aryl methyl sites for hydroxylation is 1. The summed E-state index contributed by atoms with van der Waals surface area (Å²) in [6.07, 6.45) is -1.19. The van der Waals surface area contributed by atoms with E-state index in [9.17, 15) is 22.4 Å². The van der Waals surface area contributed by atoms with Gasteiger partial charge in [-0.25, -0.2) is 24.3 Å². The van der Waals surface area contributed by atoms with Crippen molar-refractivity contribution >= 4 is 17.7 Å². The number of aromatic nitrogens is 5. The minimum absolute atomic E-state index is 0.0248. The highest BCUT2D eigenvalue weighted by Gasteiger charge is 2.62. The first-order chi connectivity index (χ1) is 17.8. The molecule has 0 radical (unpaired) electrons. The Morgan fingerprint density at radius 1 is 1.14 bits per heavy atom. The zero-order valence-corrected chi connectivity index (χ0v) is 19.4. The van der Waals surface area contributed by atoms with Crippen molar-refractivity contribution in [1.29, 1.82) is 0 Å². The average molecular weight is 512 g/mol. The molecule has 4 atom stereocenters. The topological polar surface area (TPSA) is 86.0 Å². The standard InChI is InChI=1S/C25H20F4N6O2/c1-34-23(13-4-6-14(26)7-5-13)33-22-24(34)31-9-17(32-22)20-19-15(10-35(20)12-36)16(19)11-37-18-3-2-8-30-21(18)25(27,28)29/h2-9,12,15-16,19-20H,10-11H2,1H3/t15-,16-,19-,20?/m1/s1. The van der Waals surface area contributed by atoms with Gasteiger partial charge >= 0.3 is 6.18 Å². The minimum Gasteiger partial charge on any atom is -0.491 e. The largest absolute Gasteiger partial charge is 0.491 e. The maximum absolute atomic E-state index is 13.4. The number of hydrogen-bond donors (Lipinski definition) is 0. The predicted molar refractivity (Wildman–Crippen MR) is 122 cm³/mol. The van der Waals surface area contributed by atoms with Gasteiger partial charge in [0.2, 0.25) is 6.41 Å². The van der Waals surface area contributed by atoms with Crippen LogP contribution in [0.5, 0.6) is 5.75 Å². The summed E-state index contributed by atoms with van der Waals surface area (Å²) in [6, 6.07) is 8.19. The van der Waals surface area contributed by atoms with Gasteiger partial charge in [-0.2, -0.15) is 13.2 Å². The number of pyridine rings is 1. The molecule has 3 aromatic heterocycles. The lowest BCUT2D eigenvalue weighted by Crippen LogP contribution is -2.29. The van der Waals surface area contributed by atoms with Crippen molar-refractivity contribution in [3.63, 3.8) is 0 Å². The summed E-state index contributed by atoms with van der Waals surface area (Å²) in [4.78, 5) is 30.6. The maximum atomic E-state index is 13.4. The fraction of sp³-hybridized carbons (Fsp3) is 0.320. The molecule has 1 unspecified atom stereocenters. The molecule has 0 spiro atoms. The van der Waals surface area contributed by atoms with Crippen LogP contribution in [0.3, 0.4) is 0 Å². The fourth-order valence-electron chi connectivity index (χ4n) is 5.37. The summed E-state index contributed by atoms with van der Waals surface area (Å²) in [6.45, 7) is 0.524. The van der Waals surface area contributed by atoms with E-state index in [-0.39, 0.29) is 42.0 Å². The first-order valence-corrected chi connectivity index (χ1v) is 11.6. The molecule has 1 aliphatic carbocycles. The zero-order chi connectivity index (χ0) is 25.9. The van der Waals surface area contributed by atoms with Crippen LogP contribution in [0.2, 0.25) is 0 Å². The van der Waals surface area contributed by atoms with E-state index in [1.165, 1.54) is 24.3 Å². The summed E-state index contributed by atoms with van der Waals surface area (Å²) < 4.78 is 60.4. The predicted octanol–water partition coefficient (Wildman–Crippen LogP) is 4.04. The van der Waals surface area contributed by atoms with E-state index in [1.54, 1.807) is 34.8 Å². The van der Waals surface area contributed by atoms with Crippen molar-refractivity contribution in [3.8, 4) is 17.1 Å². The molecule has 1 aliphatic heterocycles. The highest BCUT2D eigenvalue weighted by atomic mass is 19.4. The molecule has 4 heterocycles. The lowest BCUT2D eigenvalue weighted by atomic mass is 10.1. The third kappa shape index (κ3) is 3.96. The van der Waals surface area contributed by atoms with Crippen molar-refractivity contribution in [2.45, 2.75) is 12.2 Å².